The lowest BCUT2D eigenvalue weighted by atomic mass is 9.97. The van der Waals surface area contributed by atoms with Gasteiger partial charge in [0.1, 0.15) is 0 Å². The number of piperidine rings is 1. The van der Waals surface area contributed by atoms with Gasteiger partial charge in [-0.1, -0.05) is 0 Å². The Bertz CT molecular complexity index is 484. The number of methoxy groups -OCH3 is 2. The second kappa shape index (κ2) is 7.31. The van der Waals surface area contributed by atoms with Crippen LogP contribution in [0.5, 0.6) is 11.5 Å². The van der Waals surface area contributed by atoms with Gasteiger partial charge in [-0.3, -0.25) is 4.79 Å². The Balaban J connectivity index is 2.04. The van der Waals surface area contributed by atoms with E-state index in [4.69, 9.17) is 9.47 Å². The fraction of sp³-hybridized carbons (Fsp3) is 0.562. The molecule has 1 N–H and O–H groups in total. The number of hydrogen-bond acceptors (Lipinski definition) is 4. The van der Waals surface area contributed by atoms with Crippen LogP contribution in [0.4, 0.5) is 0 Å². The average molecular weight is 292 g/mol. The first-order chi connectivity index (χ1) is 10.2. The quantitative estimate of drug-likeness (QED) is 0.899. The summed E-state index contributed by atoms with van der Waals surface area (Å²) in [6, 6.07) is 5.28. The summed E-state index contributed by atoms with van der Waals surface area (Å²) < 4.78 is 10.4. The molecule has 0 unspecified atom stereocenters. The van der Waals surface area contributed by atoms with Crippen LogP contribution in [-0.2, 0) is 0 Å². The number of benzene rings is 1. The first-order valence-corrected chi connectivity index (χ1v) is 7.34. The lowest BCUT2D eigenvalue weighted by molar-refractivity contribution is 0.0762. The van der Waals surface area contributed by atoms with Crippen molar-refractivity contribution in [2.24, 2.45) is 5.92 Å². The van der Waals surface area contributed by atoms with Crippen molar-refractivity contribution in [1.82, 2.24) is 10.2 Å². The van der Waals surface area contributed by atoms with Gasteiger partial charge < -0.3 is 19.7 Å². The molecule has 1 aliphatic heterocycles. The summed E-state index contributed by atoms with van der Waals surface area (Å²) in [5.74, 6) is 1.82. The molecule has 21 heavy (non-hydrogen) atoms. The van der Waals surface area contributed by atoms with Crippen LogP contribution in [-0.4, -0.2) is 51.7 Å². The zero-order valence-corrected chi connectivity index (χ0v) is 13.0. The van der Waals surface area contributed by atoms with E-state index in [0.717, 1.165) is 32.5 Å². The predicted octanol–water partition coefficient (Wildman–Crippen LogP) is 1.78. The molecule has 1 aromatic rings. The highest BCUT2D eigenvalue weighted by Gasteiger charge is 2.20. The smallest absolute Gasteiger partial charge is 0.253 e. The van der Waals surface area contributed by atoms with Crippen molar-refractivity contribution >= 4 is 5.91 Å². The SMILES string of the molecule is COc1ccc(C(=O)N(C)CC2CCNCC2)cc1OC. The van der Waals surface area contributed by atoms with E-state index in [-0.39, 0.29) is 5.91 Å². The van der Waals surface area contributed by atoms with Crippen molar-refractivity contribution < 1.29 is 14.3 Å². The Morgan fingerprint density at radius 1 is 1.24 bits per heavy atom. The molecule has 1 saturated heterocycles. The van der Waals surface area contributed by atoms with Gasteiger partial charge >= 0.3 is 0 Å². The standard InChI is InChI=1S/C16H24N2O3/c1-18(11-12-6-8-17-9-7-12)16(19)13-4-5-14(20-2)15(10-13)21-3/h4-5,10,12,17H,6-9,11H2,1-3H3. The maximum Gasteiger partial charge on any atom is 0.253 e. The molecular formula is C16H24N2O3. The van der Waals surface area contributed by atoms with Gasteiger partial charge in [0, 0.05) is 19.2 Å². The van der Waals surface area contributed by atoms with E-state index in [1.165, 1.54) is 0 Å². The van der Waals surface area contributed by atoms with E-state index in [1.807, 2.05) is 7.05 Å². The van der Waals surface area contributed by atoms with Gasteiger partial charge in [-0.05, 0) is 50.0 Å². The minimum atomic E-state index is 0.0227. The number of carbonyl (C=O) groups excluding carboxylic acids is 1. The summed E-state index contributed by atoms with van der Waals surface area (Å²) >= 11 is 0. The summed E-state index contributed by atoms with van der Waals surface area (Å²) in [6.07, 6.45) is 2.26. The first-order valence-electron chi connectivity index (χ1n) is 7.34. The number of rotatable bonds is 5. The number of ether oxygens (including phenoxy) is 2. The maximum atomic E-state index is 12.5. The van der Waals surface area contributed by atoms with Gasteiger partial charge in [0.25, 0.3) is 5.91 Å². The van der Waals surface area contributed by atoms with Crippen LogP contribution in [0.1, 0.15) is 23.2 Å². The van der Waals surface area contributed by atoms with Crippen molar-refractivity contribution in [3.63, 3.8) is 0 Å². The Labute approximate surface area is 126 Å². The number of nitrogens with one attached hydrogen (secondary N) is 1. The molecular weight excluding hydrogens is 268 g/mol. The van der Waals surface area contributed by atoms with Crippen LogP contribution < -0.4 is 14.8 Å². The van der Waals surface area contributed by atoms with Crippen molar-refractivity contribution in [3.05, 3.63) is 23.8 Å². The third kappa shape index (κ3) is 3.88. The molecule has 0 bridgehead atoms. The third-order valence-electron chi connectivity index (χ3n) is 3.97. The lowest BCUT2D eigenvalue weighted by Crippen LogP contribution is -2.37. The molecule has 1 aromatic carbocycles. The van der Waals surface area contributed by atoms with Crippen molar-refractivity contribution in [1.29, 1.82) is 0 Å². The molecule has 0 radical (unpaired) electrons. The van der Waals surface area contributed by atoms with Gasteiger partial charge in [-0.15, -0.1) is 0 Å². The van der Waals surface area contributed by atoms with E-state index in [2.05, 4.69) is 5.32 Å². The molecule has 5 nitrogen and oxygen atoms in total. The highest BCUT2D eigenvalue weighted by atomic mass is 16.5. The highest BCUT2D eigenvalue weighted by Crippen LogP contribution is 2.28. The number of carbonyl (C=O) groups is 1. The minimum Gasteiger partial charge on any atom is -0.493 e. The molecule has 1 heterocycles. The van der Waals surface area contributed by atoms with Crippen LogP contribution in [0.25, 0.3) is 0 Å². The Kier molecular flexibility index (Phi) is 5.44. The van der Waals surface area contributed by atoms with E-state index in [9.17, 15) is 4.79 Å². The Morgan fingerprint density at radius 2 is 1.90 bits per heavy atom. The van der Waals surface area contributed by atoms with Gasteiger partial charge in [0.2, 0.25) is 0 Å². The molecule has 2 rings (SSSR count). The van der Waals surface area contributed by atoms with Crippen molar-refractivity contribution in [2.75, 3.05) is 40.9 Å². The normalized spacial score (nSPS) is 15.6. The Morgan fingerprint density at radius 3 is 2.52 bits per heavy atom. The molecule has 0 aromatic heterocycles. The van der Waals surface area contributed by atoms with Crippen LogP contribution in [0.15, 0.2) is 18.2 Å². The predicted molar refractivity (Wildman–Crippen MR) is 82.1 cm³/mol. The fourth-order valence-corrected chi connectivity index (χ4v) is 2.72. The second-order valence-corrected chi connectivity index (χ2v) is 5.45. The van der Waals surface area contributed by atoms with Crippen LogP contribution in [0, 0.1) is 5.92 Å². The monoisotopic (exact) mass is 292 g/mol. The zero-order valence-electron chi connectivity index (χ0n) is 13.0. The molecule has 0 spiro atoms. The zero-order chi connectivity index (χ0) is 15.2. The largest absolute Gasteiger partial charge is 0.493 e. The summed E-state index contributed by atoms with van der Waals surface area (Å²) in [5, 5.41) is 3.34. The van der Waals surface area contributed by atoms with Gasteiger partial charge in [-0.2, -0.15) is 0 Å². The fourth-order valence-electron chi connectivity index (χ4n) is 2.72. The van der Waals surface area contributed by atoms with E-state index >= 15 is 0 Å². The topological polar surface area (TPSA) is 50.8 Å². The van der Waals surface area contributed by atoms with Crippen LogP contribution >= 0.6 is 0 Å². The maximum absolute atomic E-state index is 12.5. The first kappa shape index (κ1) is 15.6. The van der Waals surface area contributed by atoms with Crippen LogP contribution in [0.2, 0.25) is 0 Å². The number of nitrogens with zero attached hydrogens (tertiary/aromatic N) is 1. The van der Waals surface area contributed by atoms with E-state index in [0.29, 0.717) is 23.0 Å². The van der Waals surface area contributed by atoms with Gasteiger partial charge in [0.05, 0.1) is 14.2 Å². The summed E-state index contributed by atoms with van der Waals surface area (Å²) in [4.78, 5) is 14.3. The van der Waals surface area contributed by atoms with Gasteiger partial charge in [0.15, 0.2) is 11.5 Å². The summed E-state index contributed by atoms with van der Waals surface area (Å²) in [6.45, 7) is 2.89. The molecule has 1 fully saturated rings. The van der Waals surface area contributed by atoms with Crippen LogP contribution in [0.3, 0.4) is 0 Å². The molecule has 116 valence electrons. The second-order valence-electron chi connectivity index (χ2n) is 5.45. The van der Waals surface area contributed by atoms with E-state index in [1.54, 1.807) is 37.3 Å². The third-order valence-corrected chi connectivity index (χ3v) is 3.97. The number of hydrogen-bond donors (Lipinski definition) is 1. The van der Waals surface area contributed by atoms with Crippen molar-refractivity contribution in [2.45, 2.75) is 12.8 Å². The van der Waals surface area contributed by atoms with E-state index < -0.39 is 0 Å². The summed E-state index contributed by atoms with van der Waals surface area (Å²) in [5.41, 5.74) is 0.629. The molecule has 5 heteroatoms. The Hall–Kier alpha value is -1.75. The minimum absolute atomic E-state index is 0.0227. The average Bonchev–Trinajstić information content (AvgIpc) is 2.54. The highest BCUT2D eigenvalue weighted by molar-refractivity contribution is 5.94. The van der Waals surface area contributed by atoms with Crippen molar-refractivity contribution in [3.8, 4) is 11.5 Å². The number of amides is 1. The molecule has 0 aliphatic carbocycles. The summed E-state index contributed by atoms with van der Waals surface area (Å²) in [7, 11) is 5.02. The molecule has 0 atom stereocenters. The van der Waals surface area contributed by atoms with Gasteiger partial charge in [-0.25, -0.2) is 0 Å². The lowest BCUT2D eigenvalue weighted by Gasteiger charge is -2.27. The molecule has 0 saturated carbocycles. The molecule has 1 amide bonds. The molecule has 1 aliphatic rings.